The summed E-state index contributed by atoms with van der Waals surface area (Å²) in [6.07, 6.45) is 0.0557. The zero-order chi connectivity index (χ0) is 15.1. The first-order valence-corrected chi connectivity index (χ1v) is 6.82. The van der Waals surface area contributed by atoms with Gasteiger partial charge in [-0.3, -0.25) is 4.79 Å². The highest BCUT2D eigenvalue weighted by Crippen LogP contribution is 2.18. The minimum absolute atomic E-state index is 0.0557. The van der Waals surface area contributed by atoms with Gasteiger partial charge in [-0.05, 0) is 23.3 Å². The fourth-order valence-corrected chi connectivity index (χ4v) is 2.15. The SMILES string of the molecule is COc1ccc(CNC(CC(=O)O)c2ccccc2)cc1. The van der Waals surface area contributed by atoms with Crippen LogP contribution in [0.25, 0.3) is 0 Å². The van der Waals surface area contributed by atoms with Crippen molar-refractivity contribution in [1.29, 1.82) is 0 Å². The third kappa shape index (κ3) is 4.61. The topological polar surface area (TPSA) is 58.6 Å². The predicted molar refractivity (Wildman–Crippen MR) is 81.3 cm³/mol. The number of aliphatic carboxylic acids is 1. The van der Waals surface area contributed by atoms with Crippen molar-refractivity contribution in [3.05, 3.63) is 65.7 Å². The Morgan fingerprint density at radius 1 is 1.14 bits per heavy atom. The molecule has 1 atom stereocenters. The normalized spacial score (nSPS) is 11.9. The molecule has 0 radical (unpaired) electrons. The molecule has 0 aromatic heterocycles. The number of carbonyl (C=O) groups is 1. The summed E-state index contributed by atoms with van der Waals surface area (Å²) in [4.78, 5) is 11.0. The van der Waals surface area contributed by atoms with Gasteiger partial charge in [0.25, 0.3) is 0 Å². The lowest BCUT2D eigenvalue weighted by atomic mass is 10.0. The number of methoxy groups -OCH3 is 1. The first-order chi connectivity index (χ1) is 10.2. The summed E-state index contributed by atoms with van der Waals surface area (Å²) in [6, 6.07) is 17.2. The third-order valence-corrected chi connectivity index (χ3v) is 3.29. The zero-order valence-electron chi connectivity index (χ0n) is 12.0. The smallest absolute Gasteiger partial charge is 0.305 e. The van der Waals surface area contributed by atoms with Crippen LogP contribution in [0, 0.1) is 0 Å². The minimum atomic E-state index is -0.814. The van der Waals surface area contributed by atoms with Gasteiger partial charge >= 0.3 is 5.97 Å². The Hall–Kier alpha value is -2.33. The standard InChI is InChI=1S/C17H19NO3/c1-21-15-9-7-13(8-10-15)12-18-16(11-17(19)20)14-5-3-2-4-6-14/h2-10,16,18H,11-12H2,1H3,(H,19,20). The maximum atomic E-state index is 11.0. The second kappa shape index (κ2) is 7.45. The van der Waals surface area contributed by atoms with Gasteiger partial charge in [0.15, 0.2) is 0 Å². The van der Waals surface area contributed by atoms with E-state index in [0.29, 0.717) is 6.54 Å². The molecule has 0 saturated carbocycles. The van der Waals surface area contributed by atoms with Crippen molar-refractivity contribution in [3.63, 3.8) is 0 Å². The second-order valence-electron chi connectivity index (χ2n) is 4.79. The van der Waals surface area contributed by atoms with Crippen LogP contribution in [0.3, 0.4) is 0 Å². The van der Waals surface area contributed by atoms with Gasteiger partial charge in [-0.25, -0.2) is 0 Å². The molecule has 0 aliphatic rings. The molecule has 4 heteroatoms. The van der Waals surface area contributed by atoms with Crippen molar-refractivity contribution in [3.8, 4) is 5.75 Å². The molecule has 2 aromatic carbocycles. The summed E-state index contributed by atoms with van der Waals surface area (Å²) in [6.45, 7) is 0.608. The van der Waals surface area contributed by atoms with E-state index in [0.717, 1.165) is 16.9 Å². The van der Waals surface area contributed by atoms with Crippen molar-refractivity contribution >= 4 is 5.97 Å². The van der Waals surface area contributed by atoms with Gasteiger partial charge in [-0.1, -0.05) is 42.5 Å². The Balaban J connectivity index is 2.03. The van der Waals surface area contributed by atoms with Gasteiger partial charge in [0.05, 0.1) is 13.5 Å². The number of hydrogen-bond acceptors (Lipinski definition) is 3. The molecular formula is C17H19NO3. The van der Waals surface area contributed by atoms with E-state index in [1.54, 1.807) is 7.11 Å². The average molecular weight is 285 g/mol. The van der Waals surface area contributed by atoms with E-state index in [1.807, 2.05) is 54.6 Å². The van der Waals surface area contributed by atoms with Gasteiger partial charge in [0.1, 0.15) is 5.75 Å². The molecule has 21 heavy (non-hydrogen) atoms. The average Bonchev–Trinajstić information content (AvgIpc) is 2.52. The zero-order valence-corrected chi connectivity index (χ0v) is 12.0. The lowest BCUT2D eigenvalue weighted by Gasteiger charge is -2.17. The van der Waals surface area contributed by atoms with Gasteiger partial charge in [0.2, 0.25) is 0 Å². The Labute approximate surface area is 124 Å². The number of carboxylic acid groups (broad SMARTS) is 1. The first-order valence-electron chi connectivity index (χ1n) is 6.82. The monoisotopic (exact) mass is 285 g/mol. The molecule has 0 spiro atoms. The Morgan fingerprint density at radius 3 is 2.38 bits per heavy atom. The molecule has 0 amide bonds. The van der Waals surface area contributed by atoms with Gasteiger partial charge in [0, 0.05) is 12.6 Å². The number of carboxylic acids is 1. The van der Waals surface area contributed by atoms with Gasteiger partial charge in [-0.15, -0.1) is 0 Å². The van der Waals surface area contributed by atoms with Crippen LogP contribution < -0.4 is 10.1 Å². The summed E-state index contributed by atoms with van der Waals surface area (Å²) in [5.41, 5.74) is 2.07. The van der Waals surface area contributed by atoms with Crippen molar-refractivity contribution < 1.29 is 14.6 Å². The van der Waals surface area contributed by atoms with E-state index >= 15 is 0 Å². The Kier molecular flexibility index (Phi) is 5.35. The number of rotatable bonds is 7. The lowest BCUT2D eigenvalue weighted by molar-refractivity contribution is -0.137. The Bertz CT molecular complexity index is 566. The molecule has 4 nitrogen and oxygen atoms in total. The van der Waals surface area contributed by atoms with Crippen LogP contribution in [0.1, 0.15) is 23.6 Å². The van der Waals surface area contributed by atoms with Gasteiger partial charge in [-0.2, -0.15) is 0 Å². The summed E-state index contributed by atoms with van der Waals surface area (Å²) in [5.74, 6) is -0.00465. The van der Waals surface area contributed by atoms with Crippen LogP contribution in [0.15, 0.2) is 54.6 Å². The van der Waals surface area contributed by atoms with E-state index in [1.165, 1.54) is 0 Å². The van der Waals surface area contributed by atoms with E-state index in [2.05, 4.69) is 5.32 Å². The van der Waals surface area contributed by atoms with E-state index in [9.17, 15) is 4.79 Å². The van der Waals surface area contributed by atoms with E-state index < -0.39 is 5.97 Å². The fourth-order valence-electron chi connectivity index (χ4n) is 2.15. The minimum Gasteiger partial charge on any atom is -0.497 e. The highest BCUT2D eigenvalue weighted by atomic mass is 16.5. The van der Waals surface area contributed by atoms with Crippen LogP contribution in [-0.4, -0.2) is 18.2 Å². The molecule has 0 heterocycles. The van der Waals surface area contributed by atoms with Crippen molar-refractivity contribution in [2.24, 2.45) is 0 Å². The molecule has 110 valence electrons. The molecule has 0 saturated heterocycles. The summed E-state index contributed by atoms with van der Waals surface area (Å²) < 4.78 is 5.12. The quantitative estimate of drug-likeness (QED) is 0.821. The Morgan fingerprint density at radius 2 is 1.81 bits per heavy atom. The number of ether oxygens (including phenoxy) is 1. The molecule has 0 aliphatic heterocycles. The van der Waals surface area contributed by atoms with Crippen LogP contribution in [0.4, 0.5) is 0 Å². The first kappa shape index (κ1) is 15.1. The number of benzene rings is 2. The van der Waals surface area contributed by atoms with Crippen molar-refractivity contribution in [1.82, 2.24) is 5.32 Å². The second-order valence-corrected chi connectivity index (χ2v) is 4.79. The molecule has 2 aromatic rings. The molecule has 0 aliphatic carbocycles. The van der Waals surface area contributed by atoms with Gasteiger partial charge < -0.3 is 15.2 Å². The van der Waals surface area contributed by atoms with E-state index in [-0.39, 0.29) is 12.5 Å². The highest BCUT2D eigenvalue weighted by Gasteiger charge is 2.14. The predicted octanol–water partition coefficient (Wildman–Crippen LogP) is 3.00. The van der Waals surface area contributed by atoms with Crippen LogP contribution in [0.2, 0.25) is 0 Å². The van der Waals surface area contributed by atoms with Crippen LogP contribution >= 0.6 is 0 Å². The lowest BCUT2D eigenvalue weighted by Crippen LogP contribution is -2.23. The molecule has 0 bridgehead atoms. The summed E-state index contributed by atoms with van der Waals surface area (Å²) in [5, 5.41) is 12.4. The largest absolute Gasteiger partial charge is 0.497 e. The highest BCUT2D eigenvalue weighted by molar-refractivity contribution is 5.67. The van der Waals surface area contributed by atoms with Crippen molar-refractivity contribution in [2.75, 3.05) is 7.11 Å². The fraction of sp³-hybridized carbons (Fsp3) is 0.235. The van der Waals surface area contributed by atoms with Crippen molar-refractivity contribution in [2.45, 2.75) is 19.0 Å². The maximum Gasteiger partial charge on any atom is 0.305 e. The van der Waals surface area contributed by atoms with E-state index in [4.69, 9.17) is 9.84 Å². The number of hydrogen-bond donors (Lipinski definition) is 2. The summed E-state index contributed by atoms with van der Waals surface area (Å²) >= 11 is 0. The molecule has 2 rings (SSSR count). The molecule has 2 N–H and O–H groups in total. The number of nitrogens with one attached hydrogen (secondary N) is 1. The maximum absolute atomic E-state index is 11.0. The summed E-state index contributed by atoms with van der Waals surface area (Å²) in [7, 11) is 1.63. The molecular weight excluding hydrogens is 266 g/mol. The molecule has 1 unspecified atom stereocenters. The van der Waals surface area contributed by atoms with Crippen LogP contribution in [-0.2, 0) is 11.3 Å². The van der Waals surface area contributed by atoms with Crippen LogP contribution in [0.5, 0.6) is 5.75 Å². The third-order valence-electron chi connectivity index (χ3n) is 3.29. The molecule has 0 fully saturated rings.